The molecule has 0 saturated carbocycles. The lowest BCUT2D eigenvalue weighted by Gasteiger charge is -2.15. The maximum atomic E-state index is 12.4. The van der Waals surface area contributed by atoms with Crippen molar-refractivity contribution < 1.29 is 9.59 Å². The van der Waals surface area contributed by atoms with Gasteiger partial charge in [-0.1, -0.05) is 30.3 Å². The lowest BCUT2D eigenvalue weighted by atomic mass is 10.1. The summed E-state index contributed by atoms with van der Waals surface area (Å²) in [6.07, 6.45) is 4.33. The first-order valence-electron chi connectivity index (χ1n) is 11.1. The molecule has 0 radical (unpaired) electrons. The van der Waals surface area contributed by atoms with Crippen LogP contribution >= 0.6 is 11.6 Å². The zero-order chi connectivity index (χ0) is 25.5. The van der Waals surface area contributed by atoms with E-state index >= 15 is 0 Å². The fourth-order valence-electron chi connectivity index (χ4n) is 3.61. The van der Waals surface area contributed by atoms with E-state index in [1.165, 1.54) is 12.3 Å². The Morgan fingerprint density at radius 1 is 1.14 bits per heavy atom. The smallest absolute Gasteiger partial charge is 0.247 e. The maximum absolute atomic E-state index is 12.4. The summed E-state index contributed by atoms with van der Waals surface area (Å²) in [7, 11) is 0. The highest BCUT2D eigenvalue weighted by molar-refractivity contribution is 6.33. The molecule has 0 spiro atoms. The standard InChI is InChI=1S/C25H23ClN8O2/c1-2-22(35)31-19-6-3-4-7-20(19)32-23-17(26)14-29-25(34-23)33-18-10-9-16(12-15(18)13-27)30-24(36)21-8-5-11-28-21/h2-4,6-7,9-10,12,14,21,28H,1,5,8,11H2,(H,30,36)(H,31,35)(H2,29,32,33,34)/t21-/m0/s1. The second-order valence-corrected chi connectivity index (χ2v) is 8.30. The van der Waals surface area contributed by atoms with E-state index < -0.39 is 0 Å². The quantitative estimate of drug-likeness (QED) is 0.287. The van der Waals surface area contributed by atoms with Crippen LogP contribution in [0, 0.1) is 11.3 Å². The van der Waals surface area contributed by atoms with E-state index in [2.05, 4.69) is 49.2 Å². The van der Waals surface area contributed by atoms with Crippen LogP contribution < -0.4 is 26.6 Å². The number of nitriles is 1. The minimum atomic E-state index is -0.358. The Bertz CT molecular complexity index is 1350. The summed E-state index contributed by atoms with van der Waals surface area (Å²) in [6, 6.07) is 13.9. The van der Waals surface area contributed by atoms with Gasteiger partial charge in [0.1, 0.15) is 11.1 Å². The molecule has 5 N–H and O–H groups in total. The normalized spacial score (nSPS) is 14.4. The summed E-state index contributed by atoms with van der Waals surface area (Å²) >= 11 is 6.30. The Morgan fingerprint density at radius 3 is 2.67 bits per heavy atom. The Balaban J connectivity index is 1.52. The van der Waals surface area contributed by atoms with Gasteiger partial charge in [-0.15, -0.1) is 0 Å². The van der Waals surface area contributed by atoms with Crippen LogP contribution in [0.3, 0.4) is 0 Å². The van der Waals surface area contributed by atoms with Crippen LogP contribution in [0.25, 0.3) is 0 Å². The third kappa shape index (κ3) is 5.96. The van der Waals surface area contributed by atoms with Crippen LogP contribution in [0.5, 0.6) is 0 Å². The molecule has 2 aromatic carbocycles. The molecule has 0 unspecified atom stereocenters. The molecule has 36 heavy (non-hydrogen) atoms. The van der Waals surface area contributed by atoms with Crippen LogP contribution in [0.2, 0.25) is 5.02 Å². The number of aromatic nitrogens is 2. The van der Waals surface area contributed by atoms with E-state index in [0.29, 0.717) is 34.1 Å². The van der Waals surface area contributed by atoms with Gasteiger partial charge in [0.25, 0.3) is 0 Å². The van der Waals surface area contributed by atoms with Gasteiger partial charge < -0.3 is 26.6 Å². The number of nitrogens with one attached hydrogen (secondary N) is 5. The number of benzene rings is 2. The van der Waals surface area contributed by atoms with Crippen molar-refractivity contribution in [2.45, 2.75) is 18.9 Å². The first kappa shape index (κ1) is 24.7. The van der Waals surface area contributed by atoms with Crippen molar-refractivity contribution in [3.63, 3.8) is 0 Å². The van der Waals surface area contributed by atoms with E-state index in [1.54, 1.807) is 42.5 Å². The number of anilines is 6. The largest absolute Gasteiger partial charge is 0.337 e. The predicted octanol–water partition coefficient (Wildman–Crippen LogP) is 4.30. The van der Waals surface area contributed by atoms with Crippen molar-refractivity contribution >= 4 is 57.9 Å². The minimum Gasteiger partial charge on any atom is -0.337 e. The summed E-state index contributed by atoms with van der Waals surface area (Å²) < 4.78 is 0. The number of rotatable bonds is 8. The molecule has 10 nitrogen and oxygen atoms in total. The Hall–Kier alpha value is -4.46. The molecule has 1 saturated heterocycles. The van der Waals surface area contributed by atoms with Crippen molar-refractivity contribution in [1.82, 2.24) is 15.3 Å². The number of carbonyl (C=O) groups is 2. The van der Waals surface area contributed by atoms with Crippen LogP contribution in [-0.2, 0) is 9.59 Å². The third-order valence-electron chi connectivity index (χ3n) is 5.40. The van der Waals surface area contributed by atoms with Gasteiger partial charge in [0.05, 0.1) is 34.9 Å². The molecule has 0 aliphatic carbocycles. The highest BCUT2D eigenvalue weighted by atomic mass is 35.5. The molecule has 2 amide bonds. The van der Waals surface area contributed by atoms with E-state index in [0.717, 1.165) is 19.4 Å². The van der Waals surface area contributed by atoms with Crippen LogP contribution in [0.1, 0.15) is 18.4 Å². The number of amides is 2. The summed E-state index contributed by atoms with van der Waals surface area (Å²) in [5.74, 6) is 0.000786. The van der Waals surface area contributed by atoms with Crippen LogP contribution in [0.15, 0.2) is 61.3 Å². The number of halogens is 1. The van der Waals surface area contributed by atoms with Crippen LogP contribution in [-0.4, -0.2) is 34.4 Å². The van der Waals surface area contributed by atoms with E-state index in [-0.39, 0.29) is 28.8 Å². The number of carbonyl (C=O) groups excluding carboxylic acids is 2. The van der Waals surface area contributed by atoms with Gasteiger partial charge in [-0.3, -0.25) is 9.59 Å². The average molecular weight is 503 g/mol. The second kappa shape index (κ2) is 11.3. The number of nitrogens with zero attached hydrogens (tertiary/aromatic N) is 3. The third-order valence-corrected chi connectivity index (χ3v) is 5.67. The van der Waals surface area contributed by atoms with Gasteiger partial charge in [0.15, 0.2) is 5.82 Å². The average Bonchev–Trinajstić information content (AvgIpc) is 3.43. The van der Waals surface area contributed by atoms with Crippen molar-refractivity contribution in [1.29, 1.82) is 5.26 Å². The first-order valence-corrected chi connectivity index (χ1v) is 11.5. The summed E-state index contributed by atoms with van der Waals surface area (Å²) in [5, 5.41) is 24.7. The molecule has 1 atom stereocenters. The topological polar surface area (TPSA) is 144 Å². The maximum Gasteiger partial charge on any atom is 0.247 e. The molecule has 1 aliphatic rings. The molecule has 1 fully saturated rings. The molecule has 0 bridgehead atoms. The number of para-hydroxylation sites is 2. The predicted molar refractivity (Wildman–Crippen MR) is 140 cm³/mol. The molecule has 1 aliphatic heterocycles. The molecule has 11 heteroatoms. The van der Waals surface area contributed by atoms with Gasteiger partial charge in [-0.05, 0) is 55.8 Å². The molecule has 182 valence electrons. The van der Waals surface area contributed by atoms with Gasteiger partial charge in [-0.25, -0.2) is 4.98 Å². The molecule has 1 aromatic heterocycles. The highest BCUT2D eigenvalue weighted by Crippen LogP contribution is 2.30. The van der Waals surface area contributed by atoms with Gasteiger partial charge in [-0.2, -0.15) is 10.2 Å². The lowest BCUT2D eigenvalue weighted by Crippen LogP contribution is -2.35. The Labute approximate surface area is 212 Å². The summed E-state index contributed by atoms with van der Waals surface area (Å²) in [5.41, 5.74) is 2.37. The zero-order valence-corrected chi connectivity index (χ0v) is 19.9. The zero-order valence-electron chi connectivity index (χ0n) is 19.1. The second-order valence-electron chi connectivity index (χ2n) is 7.89. The highest BCUT2D eigenvalue weighted by Gasteiger charge is 2.22. The number of hydrogen-bond acceptors (Lipinski definition) is 8. The monoisotopic (exact) mass is 502 g/mol. The van der Waals surface area contributed by atoms with Gasteiger partial charge in [0, 0.05) is 5.69 Å². The van der Waals surface area contributed by atoms with Gasteiger partial charge in [0.2, 0.25) is 17.8 Å². The SMILES string of the molecule is C=CC(=O)Nc1ccccc1Nc1nc(Nc2ccc(NC(=O)[C@@H]3CCCN3)cc2C#N)ncc1Cl. The Morgan fingerprint density at radius 2 is 1.94 bits per heavy atom. The fraction of sp³-hybridized carbons (Fsp3) is 0.160. The molecule has 3 aromatic rings. The minimum absolute atomic E-state index is 0.126. The fourth-order valence-corrected chi connectivity index (χ4v) is 3.75. The number of hydrogen-bond donors (Lipinski definition) is 5. The van der Waals surface area contributed by atoms with Crippen molar-refractivity contribution in [2.75, 3.05) is 27.8 Å². The van der Waals surface area contributed by atoms with Crippen molar-refractivity contribution in [3.05, 3.63) is 71.9 Å². The van der Waals surface area contributed by atoms with Gasteiger partial charge >= 0.3 is 0 Å². The molecular formula is C25H23ClN8O2. The summed E-state index contributed by atoms with van der Waals surface area (Å²) in [4.78, 5) is 32.7. The molecule has 2 heterocycles. The lowest BCUT2D eigenvalue weighted by molar-refractivity contribution is -0.117. The Kier molecular flexibility index (Phi) is 7.75. The molecular weight excluding hydrogens is 480 g/mol. The van der Waals surface area contributed by atoms with Crippen molar-refractivity contribution in [3.8, 4) is 6.07 Å². The first-order chi connectivity index (χ1) is 17.5. The van der Waals surface area contributed by atoms with E-state index in [1.807, 2.05) is 0 Å². The molecule has 4 rings (SSSR count). The van der Waals surface area contributed by atoms with Crippen molar-refractivity contribution in [2.24, 2.45) is 0 Å². The van der Waals surface area contributed by atoms with E-state index in [4.69, 9.17) is 11.6 Å². The summed E-state index contributed by atoms with van der Waals surface area (Å²) in [6.45, 7) is 4.28. The van der Waals surface area contributed by atoms with Crippen LogP contribution in [0.4, 0.5) is 34.5 Å². The van der Waals surface area contributed by atoms with E-state index in [9.17, 15) is 14.9 Å².